The van der Waals surface area contributed by atoms with Gasteiger partial charge in [0, 0.05) is 31.5 Å². The molecule has 3 heterocycles. The van der Waals surface area contributed by atoms with E-state index in [2.05, 4.69) is 30.5 Å². The Bertz CT molecular complexity index is 862. The number of hydrogen-bond acceptors (Lipinski definition) is 3. The zero-order chi connectivity index (χ0) is 18.6. The highest BCUT2D eigenvalue weighted by atomic mass is 16.6. The fraction of sp³-hybridized carbons (Fsp3) is 0.619. The van der Waals surface area contributed by atoms with Gasteiger partial charge in [-0.1, -0.05) is 0 Å². The molecule has 140 valence electrons. The van der Waals surface area contributed by atoms with Gasteiger partial charge in [0.1, 0.15) is 11.4 Å². The van der Waals surface area contributed by atoms with E-state index < -0.39 is 5.60 Å². The number of benzene rings is 1. The van der Waals surface area contributed by atoms with Gasteiger partial charge in [-0.3, -0.25) is 0 Å². The highest BCUT2D eigenvalue weighted by Crippen LogP contribution is 2.44. The number of ether oxygens (including phenoxy) is 1. The first-order valence-corrected chi connectivity index (χ1v) is 9.75. The number of carbonyl (C=O) groups is 1. The third-order valence-corrected chi connectivity index (χ3v) is 5.74. The van der Waals surface area contributed by atoms with E-state index in [0.717, 1.165) is 43.8 Å². The van der Waals surface area contributed by atoms with Crippen LogP contribution in [-0.4, -0.2) is 39.2 Å². The molecule has 5 rings (SSSR count). The fourth-order valence-electron chi connectivity index (χ4n) is 4.60. The standard InChI is InChI=1S/C21H29N3O2/c1-6-24-13(2)22-18-9-16-14-7-8-15(17(16)10-19(18)24)12-23(11-14)20(25)26-21(3,4)5/h9-10,14-15H,6-8,11-12H2,1-5H3. The largest absolute Gasteiger partial charge is 0.444 e. The molecule has 2 aliphatic heterocycles. The molecule has 0 saturated carbocycles. The Morgan fingerprint density at radius 3 is 2.38 bits per heavy atom. The molecule has 2 atom stereocenters. The summed E-state index contributed by atoms with van der Waals surface area (Å²) < 4.78 is 7.92. The van der Waals surface area contributed by atoms with Gasteiger partial charge in [-0.25, -0.2) is 9.78 Å². The van der Waals surface area contributed by atoms with Crippen LogP contribution in [0, 0.1) is 6.92 Å². The summed E-state index contributed by atoms with van der Waals surface area (Å²) in [6, 6.07) is 4.61. The fourth-order valence-corrected chi connectivity index (χ4v) is 4.60. The third kappa shape index (κ3) is 2.87. The van der Waals surface area contributed by atoms with Crippen LogP contribution in [0.15, 0.2) is 12.1 Å². The van der Waals surface area contributed by atoms with Crippen LogP contribution in [0.1, 0.15) is 69.3 Å². The Balaban J connectivity index is 1.71. The van der Waals surface area contributed by atoms with Gasteiger partial charge in [-0.2, -0.15) is 0 Å². The summed E-state index contributed by atoms with van der Waals surface area (Å²) >= 11 is 0. The first-order valence-electron chi connectivity index (χ1n) is 9.75. The molecule has 0 spiro atoms. The van der Waals surface area contributed by atoms with Crippen LogP contribution in [0.4, 0.5) is 4.79 Å². The number of aryl methyl sites for hydroxylation is 2. The molecule has 5 heteroatoms. The van der Waals surface area contributed by atoms with Crippen molar-refractivity contribution >= 4 is 17.1 Å². The number of carbonyl (C=O) groups excluding carboxylic acids is 1. The quantitative estimate of drug-likeness (QED) is 0.752. The molecule has 5 nitrogen and oxygen atoms in total. The molecule has 2 bridgehead atoms. The zero-order valence-electron chi connectivity index (χ0n) is 16.5. The van der Waals surface area contributed by atoms with Crippen LogP contribution >= 0.6 is 0 Å². The smallest absolute Gasteiger partial charge is 0.410 e. The maximum atomic E-state index is 12.7. The third-order valence-electron chi connectivity index (χ3n) is 5.74. The number of nitrogens with zero attached hydrogens (tertiary/aromatic N) is 3. The summed E-state index contributed by atoms with van der Waals surface area (Å²) in [5.74, 6) is 1.85. The lowest BCUT2D eigenvalue weighted by atomic mass is 9.78. The molecule has 2 aromatic rings. The van der Waals surface area contributed by atoms with E-state index in [9.17, 15) is 4.79 Å². The molecule has 1 aromatic heterocycles. The van der Waals surface area contributed by atoms with E-state index in [1.807, 2.05) is 25.7 Å². The Kier molecular flexibility index (Phi) is 4.01. The average Bonchev–Trinajstić information content (AvgIpc) is 2.71. The van der Waals surface area contributed by atoms with Crippen molar-refractivity contribution in [2.45, 2.75) is 71.4 Å². The summed E-state index contributed by atoms with van der Waals surface area (Å²) in [5, 5.41) is 0. The van der Waals surface area contributed by atoms with Gasteiger partial charge in [-0.05, 0) is 70.7 Å². The highest BCUT2D eigenvalue weighted by molar-refractivity contribution is 5.79. The lowest BCUT2D eigenvalue weighted by molar-refractivity contribution is 0.0246. The van der Waals surface area contributed by atoms with Crippen molar-refractivity contribution in [1.29, 1.82) is 0 Å². The van der Waals surface area contributed by atoms with Crippen LogP contribution in [0.5, 0.6) is 0 Å². The molecule has 2 unspecified atom stereocenters. The van der Waals surface area contributed by atoms with E-state index >= 15 is 0 Å². The maximum Gasteiger partial charge on any atom is 0.410 e. The topological polar surface area (TPSA) is 47.4 Å². The van der Waals surface area contributed by atoms with Gasteiger partial charge in [0.05, 0.1) is 11.0 Å². The second-order valence-corrected chi connectivity index (χ2v) is 8.73. The van der Waals surface area contributed by atoms with Crippen molar-refractivity contribution in [2.75, 3.05) is 13.1 Å². The lowest BCUT2D eigenvalue weighted by Crippen LogP contribution is -2.38. The first kappa shape index (κ1) is 17.4. The summed E-state index contributed by atoms with van der Waals surface area (Å²) in [6.45, 7) is 12.5. The van der Waals surface area contributed by atoms with Crippen molar-refractivity contribution in [2.24, 2.45) is 0 Å². The van der Waals surface area contributed by atoms with Gasteiger partial charge < -0.3 is 14.2 Å². The molecule has 1 saturated heterocycles. The van der Waals surface area contributed by atoms with Crippen molar-refractivity contribution in [3.63, 3.8) is 0 Å². The summed E-state index contributed by atoms with van der Waals surface area (Å²) in [7, 11) is 0. The van der Waals surface area contributed by atoms with Crippen molar-refractivity contribution < 1.29 is 9.53 Å². The minimum absolute atomic E-state index is 0.182. The van der Waals surface area contributed by atoms with Crippen molar-refractivity contribution in [1.82, 2.24) is 14.5 Å². The number of aromatic nitrogens is 2. The second-order valence-electron chi connectivity index (χ2n) is 8.73. The minimum atomic E-state index is -0.454. The van der Waals surface area contributed by atoms with Gasteiger partial charge in [-0.15, -0.1) is 0 Å². The van der Waals surface area contributed by atoms with E-state index in [4.69, 9.17) is 9.72 Å². The first-order chi connectivity index (χ1) is 12.3. The molecular weight excluding hydrogens is 326 g/mol. The minimum Gasteiger partial charge on any atom is -0.444 e. The summed E-state index contributed by atoms with van der Waals surface area (Å²) in [6.07, 6.45) is 2.09. The predicted molar refractivity (Wildman–Crippen MR) is 103 cm³/mol. The zero-order valence-corrected chi connectivity index (χ0v) is 16.5. The number of amides is 1. The number of hydrogen-bond donors (Lipinski definition) is 0. The number of imidazole rings is 1. The molecular formula is C21H29N3O2. The van der Waals surface area contributed by atoms with Crippen molar-refractivity contribution in [3.8, 4) is 0 Å². The van der Waals surface area contributed by atoms with Crippen LogP contribution < -0.4 is 0 Å². The van der Waals surface area contributed by atoms with Gasteiger partial charge in [0.2, 0.25) is 0 Å². The molecule has 0 radical (unpaired) electrons. The van der Waals surface area contributed by atoms with E-state index in [0.29, 0.717) is 11.8 Å². The van der Waals surface area contributed by atoms with Gasteiger partial charge in [0.25, 0.3) is 0 Å². The van der Waals surface area contributed by atoms with Gasteiger partial charge >= 0.3 is 6.09 Å². The predicted octanol–water partition coefficient (Wildman–Crippen LogP) is 4.58. The SMILES string of the molecule is CCn1c(C)nc2cc3c(cc21)C1CCC3CN(C(=O)OC(C)(C)C)C1. The van der Waals surface area contributed by atoms with Crippen molar-refractivity contribution in [3.05, 3.63) is 29.1 Å². The monoisotopic (exact) mass is 355 g/mol. The number of rotatable bonds is 1. The van der Waals surface area contributed by atoms with E-state index in [-0.39, 0.29) is 6.09 Å². The summed E-state index contributed by atoms with van der Waals surface area (Å²) in [4.78, 5) is 19.3. The molecule has 1 fully saturated rings. The van der Waals surface area contributed by atoms with E-state index in [1.165, 1.54) is 16.6 Å². The van der Waals surface area contributed by atoms with Gasteiger partial charge in [0.15, 0.2) is 0 Å². The molecule has 1 amide bonds. The van der Waals surface area contributed by atoms with E-state index in [1.54, 1.807) is 0 Å². The molecule has 0 N–H and O–H groups in total. The molecule has 1 aromatic carbocycles. The maximum absolute atomic E-state index is 12.7. The Morgan fingerprint density at radius 2 is 1.81 bits per heavy atom. The number of fused-ring (bicyclic) bond motifs is 4. The average molecular weight is 355 g/mol. The Hall–Kier alpha value is -2.04. The lowest BCUT2D eigenvalue weighted by Gasteiger charge is -2.27. The molecule has 1 aliphatic carbocycles. The Morgan fingerprint density at radius 1 is 1.19 bits per heavy atom. The highest BCUT2D eigenvalue weighted by Gasteiger charge is 2.37. The van der Waals surface area contributed by atoms with Crippen LogP contribution in [0.3, 0.4) is 0 Å². The molecule has 26 heavy (non-hydrogen) atoms. The van der Waals surface area contributed by atoms with Crippen LogP contribution in [-0.2, 0) is 11.3 Å². The van der Waals surface area contributed by atoms with Crippen LogP contribution in [0.25, 0.3) is 11.0 Å². The second kappa shape index (κ2) is 6.00. The summed E-state index contributed by atoms with van der Waals surface area (Å²) in [5.41, 5.74) is 4.65. The Labute approximate surface area is 155 Å². The van der Waals surface area contributed by atoms with Crippen LogP contribution in [0.2, 0.25) is 0 Å². The molecule has 3 aliphatic rings. The normalized spacial score (nSPS) is 22.4.